The minimum absolute atomic E-state index is 0.207. The molecule has 3 rings (SSSR count). The van der Waals surface area contributed by atoms with Gasteiger partial charge in [0.25, 0.3) is 11.8 Å². The smallest absolute Gasteiger partial charge is 0.261 e. The van der Waals surface area contributed by atoms with Gasteiger partial charge in [-0.15, -0.1) is 0 Å². The third-order valence-electron chi connectivity index (χ3n) is 6.43. The van der Waals surface area contributed by atoms with Gasteiger partial charge in [-0.05, 0) is 55.0 Å². The second-order valence-corrected chi connectivity index (χ2v) is 8.83. The van der Waals surface area contributed by atoms with Crippen LogP contribution in [0.3, 0.4) is 0 Å². The molecule has 5 heteroatoms. The van der Waals surface area contributed by atoms with Crippen molar-refractivity contribution in [3.05, 3.63) is 65.2 Å². The lowest BCUT2D eigenvalue weighted by Gasteiger charge is -2.17. The summed E-state index contributed by atoms with van der Waals surface area (Å²) in [6, 6.07) is 15.0. The Labute approximate surface area is 197 Å². The number of benzene rings is 2. The highest BCUT2D eigenvalue weighted by atomic mass is 16.5. The molecule has 0 aromatic heterocycles. The molecule has 1 aliphatic heterocycles. The molecule has 176 valence electrons. The molecular weight excluding hydrogens is 414 g/mol. The van der Waals surface area contributed by atoms with E-state index in [-0.39, 0.29) is 23.5 Å². The maximum Gasteiger partial charge on any atom is 0.261 e. The molecule has 0 spiro atoms. The first-order valence-corrected chi connectivity index (χ1v) is 12.2. The number of ether oxygens (including phenoxy) is 1. The number of amides is 2. The maximum absolute atomic E-state index is 12.7. The number of methoxy groups -OCH3 is 1. The van der Waals surface area contributed by atoms with Crippen molar-refractivity contribution in [3.63, 3.8) is 0 Å². The van der Waals surface area contributed by atoms with Gasteiger partial charge in [-0.2, -0.15) is 0 Å². The zero-order chi connectivity index (χ0) is 23.6. The monoisotopic (exact) mass is 449 g/mol. The van der Waals surface area contributed by atoms with E-state index in [1.807, 2.05) is 12.1 Å². The number of Topliss-reactive ketones (excluding diaryl/α,β-unsaturated/α-hetero) is 1. The van der Waals surface area contributed by atoms with E-state index in [9.17, 15) is 14.4 Å². The predicted octanol–water partition coefficient (Wildman–Crippen LogP) is 6.17. The number of hydrogen-bond acceptors (Lipinski definition) is 4. The molecule has 1 atom stereocenters. The van der Waals surface area contributed by atoms with Gasteiger partial charge in [0.1, 0.15) is 11.5 Å². The zero-order valence-corrected chi connectivity index (χ0v) is 19.8. The van der Waals surface area contributed by atoms with Crippen LogP contribution in [0.5, 0.6) is 5.75 Å². The van der Waals surface area contributed by atoms with Crippen LogP contribution in [0.25, 0.3) is 0 Å². The highest BCUT2D eigenvalue weighted by molar-refractivity contribution is 6.21. The van der Waals surface area contributed by atoms with Gasteiger partial charge in [0.15, 0.2) is 0 Å². The molecule has 0 bridgehead atoms. The molecule has 5 nitrogen and oxygen atoms in total. The van der Waals surface area contributed by atoms with E-state index in [1.54, 1.807) is 31.4 Å². The largest absolute Gasteiger partial charge is 0.497 e. The number of carbonyl (C=O) groups is 3. The Morgan fingerprint density at radius 3 is 2.15 bits per heavy atom. The third-order valence-corrected chi connectivity index (χ3v) is 6.43. The summed E-state index contributed by atoms with van der Waals surface area (Å²) in [6.45, 7) is 2.60. The molecule has 0 radical (unpaired) electrons. The standard InChI is InChI=1S/C28H35NO4/c1-3-4-6-11-22(21-15-17-24(33-2)18-16-21)20-23(30)12-7-5-10-19-29-27(31)25-13-8-9-14-26(25)28(29)32/h8-9,13-18,22H,3-7,10-12,19-20H2,1-2H3. The lowest BCUT2D eigenvalue weighted by atomic mass is 9.87. The summed E-state index contributed by atoms with van der Waals surface area (Å²) in [5.41, 5.74) is 2.18. The number of hydrogen-bond donors (Lipinski definition) is 0. The van der Waals surface area contributed by atoms with Crippen molar-refractivity contribution in [1.29, 1.82) is 0 Å². The van der Waals surface area contributed by atoms with E-state index in [1.165, 1.54) is 16.9 Å². The van der Waals surface area contributed by atoms with E-state index >= 15 is 0 Å². The highest BCUT2D eigenvalue weighted by Crippen LogP contribution is 2.29. The first-order chi connectivity index (χ1) is 16.0. The summed E-state index contributed by atoms with van der Waals surface area (Å²) in [7, 11) is 1.66. The SMILES string of the molecule is CCCCCC(CC(=O)CCCCCN1C(=O)c2ccccc2C1=O)c1ccc(OC)cc1. The van der Waals surface area contributed by atoms with Crippen molar-refractivity contribution < 1.29 is 19.1 Å². The molecule has 1 unspecified atom stereocenters. The molecule has 1 heterocycles. The van der Waals surface area contributed by atoms with Crippen molar-refractivity contribution in [2.45, 2.75) is 70.6 Å². The highest BCUT2D eigenvalue weighted by Gasteiger charge is 2.34. The normalized spacial score (nSPS) is 13.8. The number of fused-ring (bicyclic) bond motifs is 1. The Morgan fingerprint density at radius 1 is 0.879 bits per heavy atom. The number of unbranched alkanes of at least 4 members (excludes halogenated alkanes) is 4. The molecule has 0 saturated carbocycles. The molecule has 0 N–H and O–H groups in total. The number of carbonyl (C=O) groups excluding carboxylic acids is 3. The third kappa shape index (κ3) is 6.53. The predicted molar refractivity (Wildman–Crippen MR) is 130 cm³/mol. The van der Waals surface area contributed by atoms with Gasteiger partial charge in [-0.3, -0.25) is 19.3 Å². The van der Waals surface area contributed by atoms with Crippen LogP contribution < -0.4 is 4.74 Å². The van der Waals surface area contributed by atoms with E-state index in [2.05, 4.69) is 19.1 Å². The maximum atomic E-state index is 12.7. The molecule has 2 amide bonds. The molecular formula is C28H35NO4. The zero-order valence-electron chi connectivity index (χ0n) is 19.8. The fourth-order valence-corrected chi connectivity index (χ4v) is 4.49. The summed E-state index contributed by atoms with van der Waals surface area (Å²) in [6.07, 6.45) is 7.92. The molecule has 2 aromatic carbocycles. The van der Waals surface area contributed by atoms with E-state index in [0.29, 0.717) is 30.5 Å². The number of rotatable bonds is 14. The van der Waals surface area contributed by atoms with Crippen molar-refractivity contribution in [2.75, 3.05) is 13.7 Å². The second kappa shape index (κ2) is 12.3. The van der Waals surface area contributed by atoms with Gasteiger partial charge in [0.05, 0.1) is 18.2 Å². The van der Waals surface area contributed by atoms with E-state index < -0.39 is 0 Å². The lowest BCUT2D eigenvalue weighted by molar-refractivity contribution is -0.119. The molecule has 0 aliphatic carbocycles. The second-order valence-electron chi connectivity index (χ2n) is 8.83. The Balaban J connectivity index is 1.43. The summed E-state index contributed by atoms with van der Waals surface area (Å²) in [5, 5.41) is 0. The van der Waals surface area contributed by atoms with Crippen LogP contribution in [0, 0.1) is 0 Å². The van der Waals surface area contributed by atoms with Crippen LogP contribution in [0.4, 0.5) is 0 Å². The van der Waals surface area contributed by atoms with Crippen LogP contribution in [0.2, 0.25) is 0 Å². The van der Waals surface area contributed by atoms with E-state index in [4.69, 9.17) is 4.74 Å². The Kier molecular flexibility index (Phi) is 9.23. The molecule has 0 saturated heterocycles. The van der Waals surface area contributed by atoms with Crippen molar-refractivity contribution in [2.24, 2.45) is 0 Å². The molecule has 2 aromatic rings. The van der Waals surface area contributed by atoms with Crippen LogP contribution in [0.1, 0.15) is 96.9 Å². The van der Waals surface area contributed by atoms with Crippen LogP contribution >= 0.6 is 0 Å². The van der Waals surface area contributed by atoms with Gasteiger partial charge in [-0.25, -0.2) is 0 Å². The molecule has 1 aliphatic rings. The van der Waals surface area contributed by atoms with Crippen molar-refractivity contribution in [1.82, 2.24) is 4.90 Å². The average molecular weight is 450 g/mol. The van der Waals surface area contributed by atoms with Gasteiger partial charge < -0.3 is 4.74 Å². The van der Waals surface area contributed by atoms with Crippen molar-refractivity contribution >= 4 is 17.6 Å². The van der Waals surface area contributed by atoms with Crippen LogP contribution in [-0.4, -0.2) is 36.2 Å². The van der Waals surface area contributed by atoms with Gasteiger partial charge in [-0.1, -0.05) is 56.9 Å². The Morgan fingerprint density at radius 2 is 1.55 bits per heavy atom. The van der Waals surface area contributed by atoms with Crippen molar-refractivity contribution in [3.8, 4) is 5.75 Å². The fourth-order valence-electron chi connectivity index (χ4n) is 4.49. The first-order valence-electron chi connectivity index (χ1n) is 12.2. The summed E-state index contributed by atoms with van der Waals surface area (Å²) in [4.78, 5) is 38.9. The molecule has 0 fully saturated rings. The molecule has 33 heavy (non-hydrogen) atoms. The topological polar surface area (TPSA) is 63.7 Å². The Bertz CT molecular complexity index is 916. The minimum atomic E-state index is -0.207. The number of nitrogens with zero attached hydrogens (tertiary/aromatic N) is 1. The summed E-state index contributed by atoms with van der Waals surface area (Å²) < 4.78 is 5.26. The van der Waals surface area contributed by atoms with Gasteiger partial charge >= 0.3 is 0 Å². The van der Waals surface area contributed by atoms with Crippen LogP contribution in [-0.2, 0) is 4.79 Å². The number of imide groups is 1. The first kappa shape index (κ1) is 24.7. The van der Waals surface area contributed by atoms with Gasteiger partial charge in [0, 0.05) is 19.4 Å². The lowest BCUT2D eigenvalue weighted by Crippen LogP contribution is -2.30. The van der Waals surface area contributed by atoms with E-state index in [0.717, 1.165) is 44.3 Å². The number of ketones is 1. The minimum Gasteiger partial charge on any atom is -0.497 e. The average Bonchev–Trinajstić information content (AvgIpc) is 3.08. The quantitative estimate of drug-likeness (QED) is 0.255. The van der Waals surface area contributed by atoms with Crippen LogP contribution in [0.15, 0.2) is 48.5 Å². The Hall–Kier alpha value is -2.95. The summed E-state index contributed by atoms with van der Waals surface area (Å²) in [5.74, 6) is 0.943. The fraction of sp³-hybridized carbons (Fsp3) is 0.464. The van der Waals surface area contributed by atoms with Gasteiger partial charge in [0.2, 0.25) is 0 Å². The summed E-state index contributed by atoms with van der Waals surface area (Å²) >= 11 is 0.